The van der Waals surface area contributed by atoms with E-state index in [9.17, 15) is 4.21 Å². The van der Waals surface area contributed by atoms with Crippen LogP contribution in [0.3, 0.4) is 0 Å². The predicted molar refractivity (Wildman–Crippen MR) is 125 cm³/mol. The summed E-state index contributed by atoms with van der Waals surface area (Å²) in [7, 11) is 4.17. The van der Waals surface area contributed by atoms with Gasteiger partial charge < -0.3 is 19.7 Å². The lowest BCUT2D eigenvalue weighted by molar-refractivity contribution is 0.171. The largest absolute Gasteiger partial charge is 0.497 e. The van der Waals surface area contributed by atoms with Gasteiger partial charge in [0.25, 0.3) is 0 Å². The molecule has 1 saturated heterocycles. The number of hydrogen-bond acceptors (Lipinski definition) is 5. The Kier molecular flexibility index (Phi) is 8.73. The smallest absolute Gasteiger partial charge is 0.193 e. The topological polar surface area (TPSA) is 66.4 Å². The Morgan fingerprint density at radius 2 is 1.81 bits per heavy atom. The fraction of sp³-hybridized carbons (Fsp3) is 0.435. The molecular formula is C23H32N4O3S. The molecule has 0 aliphatic carbocycles. The molecule has 0 saturated carbocycles. The molecule has 2 aromatic rings. The summed E-state index contributed by atoms with van der Waals surface area (Å²) >= 11 is 0. The fourth-order valence-electron chi connectivity index (χ4n) is 3.64. The zero-order chi connectivity index (χ0) is 22.1. The van der Waals surface area contributed by atoms with Crippen LogP contribution in [0.1, 0.15) is 5.56 Å². The van der Waals surface area contributed by atoms with Crippen LogP contribution in [0.5, 0.6) is 11.5 Å². The van der Waals surface area contributed by atoms with Gasteiger partial charge in [-0.05, 0) is 30.3 Å². The van der Waals surface area contributed by atoms with Crippen LogP contribution in [0.2, 0.25) is 0 Å². The van der Waals surface area contributed by atoms with Gasteiger partial charge in [-0.15, -0.1) is 0 Å². The molecule has 0 bridgehead atoms. The predicted octanol–water partition coefficient (Wildman–Crippen LogP) is 2.20. The number of piperazine rings is 1. The molecular weight excluding hydrogens is 412 g/mol. The lowest BCUT2D eigenvalue weighted by Gasteiger charge is -2.36. The van der Waals surface area contributed by atoms with Gasteiger partial charge in [-0.1, -0.05) is 18.2 Å². The second-order valence-electron chi connectivity index (χ2n) is 7.28. The SMILES string of the molecule is CN=C(NCCS(=O)c1ccccc1)N1CCN(Cc2cc(OC)ccc2OC)CC1. The van der Waals surface area contributed by atoms with Crippen molar-refractivity contribution in [3.8, 4) is 11.5 Å². The zero-order valence-corrected chi connectivity index (χ0v) is 19.4. The highest BCUT2D eigenvalue weighted by atomic mass is 32.2. The molecule has 31 heavy (non-hydrogen) atoms. The molecule has 0 spiro atoms. The van der Waals surface area contributed by atoms with E-state index < -0.39 is 10.8 Å². The van der Waals surface area contributed by atoms with E-state index in [4.69, 9.17) is 9.47 Å². The summed E-state index contributed by atoms with van der Waals surface area (Å²) < 4.78 is 23.3. The summed E-state index contributed by atoms with van der Waals surface area (Å²) in [4.78, 5) is 9.94. The van der Waals surface area contributed by atoms with Crippen molar-refractivity contribution in [2.24, 2.45) is 4.99 Å². The van der Waals surface area contributed by atoms with Crippen LogP contribution in [-0.2, 0) is 17.3 Å². The quantitative estimate of drug-likeness (QED) is 0.497. The summed E-state index contributed by atoms with van der Waals surface area (Å²) in [6, 6.07) is 15.5. The van der Waals surface area contributed by atoms with E-state index in [1.807, 2.05) is 48.5 Å². The Labute approximate surface area is 187 Å². The van der Waals surface area contributed by atoms with E-state index in [1.54, 1.807) is 21.3 Å². The first-order chi connectivity index (χ1) is 15.1. The van der Waals surface area contributed by atoms with Gasteiger partial charge in [-0.25, -0.2) is 0 Å². The van der Waals surface area contributed by atoms with Gasteiger partial charge in [0.15, 0.2) is 5.96 Å². The molecule has 1 heterocycles. The van der Waals surface area contributed by atoms with E-state index in [2.05, 4.69) is 20.1 Å². The normalized spacial score (nSPS) is 16.1. The van der Waals surface area contributed by atoms with Crippen molar-refractivity contribution < 1.29 is 13.7 Å². The number of hydrogen-bond donors (Lipinski definition) is 1. The van der Waals surface area contributed by atoms with Gasteiger partial charge >= 0.3 is 0 Å². The highest BCUT2D eigenvalue weighted by Gasteiger charge is 2.21. The third-order valence-corrected chi connectivity index (χ3v) is 6.71. The standard InChI is InChI=1S/C23H32N4O3S/c1-24-23(25-11-16-31(28)21-7-5-4-6-8-21)27-14-12-26(13-15-27)18-19-17-20(29-2)9-10-22(19)30-3/h4-10,17H,11-16,18H2,1-3H3,(H,24,25). The minimum absolute atomic E-state index is 0.554. The number of methoxy groups -OCH3 is 2. The van der Waals surface area contributed by atoms with Gasteiger partial charge in [0.1, 0.15) is 11.5 Å². The number of guanidine groups is 1. The molecule has 3 rings (SSSR count). The highest BCUT2D eigenvalue weighted by molar-refractivity contribution is 7.85. The van der Waals surface area contributed by atoms with E-state index in [0.29, 0.717) is 12.3 Å². The number of benzene rings is 2. The van der Waals surface area contributed by atoms with Crippen LogP contribution in [0, 0.1) is 0 Å². The van der Waals surface area contributed by atoms with Crippen molar-refractivity contribution in [1.29, 1.82) is 0 Å². The third-order valence-electron chi connectivity index (χ3n) is 5.34. The van der Waals surface area contributed by atoms with Gasteiger partial charge in [0.2, 0.25) is 0 Å². The molecule has 1 atom stereocenters. The maximum atomic E-state index is 12.4. The summed E-state index contributed by atoms with van der Waals surface area (Å²) in [5.74, 6) is 3.14. The van der Waals surface area contributed by atoms with E-state index in [1.165, 1.54) is 0 Å². The van der Waals surface area contributed by atoms with Gasteiger partial charge in [-0.2, -0.15) is 0 Å². The van der Waals surface area contributed by atoms with Crippen molar-refractivity contribution in [3.05, 3.63) is 54.1 Å². The van der Waals surface area contributed by atoms with Crippen LogP contribution in [-0.4, -0.2) is 79.7 Å². The summed E-state index contributed by atoms with van der Waals surface area (Å²) in [5.41, 5.74) is 1.13. The van der Waals surface area contributed by atoms with E-state index in [-0.39, 0.29) is 0 Å². The number of aliphatic imine (C=N–C) groups is 1. The van der Waals surface area contributed by atoms with Crippen LogP contribution in [0.25, 0.3) is 0 Å². The number of ether oxygens (including phenoxy) is 2. The second kappa shape index (κ2) is 11.7. The van der Waals surface area contributed by atoms with Gasteiger partial charge in [-0.3, -0.25) is 14.1 Å². The molecule has 8 heteroatoms. The molecule has 1 fully saturated rings. The lowest BCUT2D eigenvalue weighted by atomic mass is 10.1. The van der Waals surface area contributed by atoms with Crippen LogP contribution >= 0.6 is 0 Å². The molecule has 0 amide bonds. The molecule has 1 unspecified atom stereocenters. The highest BCUT2D eigenvalue weighted by Crippen LogP contribution is 2.25. The molecule has 1 aliphatic heterocycles. The fourth-order valence-corrected chi connectivity index (χ4v) is 4.63. The average molecular weight is 445 g/mol. The first-order valence-corrected chi connectivity index (χ1v) is 11.8. The minimum Gasteiger partial charge on any atom is -0.497 e. The number of nitrogens with one attached hydrogen (secondary N) is 1. The third kappa shape index (κ3) is 6.45. The van der Waals surface area contributed by atoms with Crippen LogP contribution in [0.4, 0.5) is 0 Å². The first-order valence-electron chi connectivity index (χ1n) is 10.5. The Hall–Kier alpha value is -2.58. The Morgan fingerprint density at radius 1 is 1.06 bits per heavy atom. The monoisotopic (exact) mass is 444 g/mol. The molecule has 0 aromatic heterocycles. The van der Waals surface area contributed by atoms with Crippen molar-refractivity contribution >= 4 is 16.8 Å². The molecule has 0 radical (unpaired) electrons. The van der Waals surface area contributed by atoms with Crippen molar-refractivity contribution in [1.82, 2.24) is 15.1 Å². The summed E-state index contributed by atoms with van der Waals surface area (Å²) in [6.45, 7) is 5.06. The Bertz CT molecular complexity index is 884. The summed E-state index contributed by atoms with van der Waals surface area (Å²) in [5, 5.41) is 3.37. The number of nitrogens with zero attached hydrogens (tertiary/aromatic N) is 3. The van der Waals surface area contributed by atoms with Crippen molar-refractivity contribution in [2.75, 3.05) is 59.7 Å². The molecule has 7 nitrogen and oxygen atoms in total. The Morgan fingerprint density at radius 3 is 2.45 bits per heavy atom. The van der Waals surface area contributed by atoms with E-state index >= 15 is 0 Å². The second-order valence-corrected chi connectivity index (χ2v) is 8.85. The van der Waals surface area contributed by atoms with Crippen molar-refractivity contribution in [2.45, 2.75) is 11.4 Å². The maximum Gasteiger partial charge on any atom is 0.193 e. The van der Waals surface area contributed by atoms with Gasteiger partial charge in [0.05, 0.1) is 25.0 Å². The van der Waals surface area contributed by atoms with Crippen LogP contribution < -0.4 is 14.8 Å². The molecule has 1 N–H and O–H groups in total. The van der Waals surface area contributed by atoms with Crippen LogP contribution in [0.15, 0.2) is 58.4 Å². The molecule has 168 valence electrons. The maximum absolute atomic E-state index is 12.4. The van der Waals surface area contributed by atoms with Crippen molar-refractivity contribution in [3.63, 3.8) is 0 Å². The zero-order valence-electron chi connectivity index (χ0n) is 18.5. The van der Waals surface area contributed by atoms with E-state index in [0.717, 1.165) is 60.6 Å². The lowest BCUT2D eigenvalue weighted by Crippen LogP contribution is -2.52. The first kappa shape index (κ1) is 23.1. The molecule has 1 aliphatic rings. The Balaban J connectivity index is 1.47. The van der Waals surface area contributed by atoms with Gasteiger partial charge in [0, 0.05) is 62.5 Å². The minimum atomic E-state index is -1.01. The molecule has 2 aromatic carbocycles. The number of rotatable bonds is 8. The average Bonchev–Trinajstić information content (AvgIpc) is 2.83. The summed E-state index contributed by atoms with van der Waals surface area (Å²) in [6.07, 6.45) is 0.